The summed E-state index contributed by atoms with van der Waals surface area (Å²) in [5, 5.41) is 3.07. The predicted octanol–water partition coefficient (Wildman–Crippen LogP) is 4.26. The number of likely N-dealkylation sites (N-methyl/N-ethyl adjacent to an activating group) is 1. The highest BCUT2D eigenvalue weighted by Gasteiger charge is 2.13. The van der Waals surface area contributed by atoms with Crippen LogP contribution < -0.4 is 5.32 Å². The third-order valence-electron chi connectivity index (χ3n) is 3.12. The zero-order valence-corrected chi connectivity index (χ0v) is 11.5. The molecule has 1 N–H and O–H groups in total. The minimum atomic E-state index is -0.889. The minimum Gasteiger partial charge on any atom is -0.313 e. The number of hydrogen-bond donors (Lipinski definition) is 1. The molecule has 20 heavy (non-hydrogen) atoms. The molecule has 0 saturated carbocycles. The zero-order valence-electron chi connectivity index (χ0n) is 10.8. The first-order valence-electron chi connectivity index (χ1n) is 6.07. The summed E-state index contributed by atoms with van der Waals surface area (Å²) in [5.41, 5.74) is 1.32. The summed E-state index contributed by atoms with van der Waals surface area (Å²) in [6.45, 7) is 0. The van der Waals surface area contributed by atoms with Crippen molar-refractivity contribution in [2.75, 3.05) is 7.05 Å². The molecule has 0 spiro atoms. The van der Waals surface area contributed by atoms with Crippen molar-refractivity contribution in [2.24, 2.45) is 0 Å². The molecule has 0 radical (unpaired) electrons. The van der Waals surface area contributed by atoms with Gasteiger partial charge in [0.15, 0.2) is 11.6 Å². The molecule has 0 heterocycles. The lowest BCUT2D eigenvalue weighted by atomic mass is 9.99. The van der Waals surface area contributed by atoms with Crippen molar-refractivity contribution in [3.8, 4) is 0 Å². The summed E-state index contributed by atoms with van der Waals surface area (Å²) in [7, 11) is 1.72. The third-order valence-corrected chi connectivity index (χ3v) is 3.42. The lowest BCUT2D eigenvalue weighted by molar-refractivity contribution is 0.504. The highest BCUT2D eigenvalue weighted by molar-refractivity contribution is 6.30. The second-order valence-corrected chi connectivity index (χ2v) is 4.87. The van der Waals surface area contributed by atoms with Crippen LogP contribution in [0.25, 0.3) is 0 Å². The molecule has 0 aliphatic carbocycles. The maximum absolute atomic E-state index is 13.5. The van der Waals surface area contributed by atoms with Crippen LogP contribution in [0.1, 0.15) is 17.2 Å². The lowest BCUT2D eigenvalue weighted by Gasteiger charge is -2.17. The van der Waals surface area contributed by atoms with E-state index in [1.54, 1.807) is 13.1 Å². The normalized spacial score (nSPS) is 12.4. The van der Waals surface area contributed by atoms with E-state index in [1.807, 2.05) is 0 Å². The summed E-state index contributed by atoms with van der Waals surface area (Å²) in [5.74, 6) is -2.28. The van der Waals surface area contributed by atoms with Gasteiger partial charge in [0.1, 0.15) is 5.82 Å². The van der Waals surface area contributed by atoms with Crippen LogP contribution in [0.3, 0.4) is 0 Å². The molecule has 2 rings (SSSR count). The van der Waals surface area contributed by atoms with Crippen molar-refractivity contribution in [3.05, 3.63) is 70.0 Å². The van der Waals surface area contributed by atoms with Crippen LogP contribution in [-0.2, 0) is 6.42 Å². The van der Waals surface area contributed by atoms with E-state index < -0.39 is 17.5 Å². The molecular formula is C15H13ClF3N. The topological polar surface area (TPSA) is 12.0 Å². The van der Waals surface area contributed by atoms with E-state index in [0.717, 1.165) is 12.1 Å². The Morgan fingerprint density at radius 1 is 1.00 bits per heavy atom. The van der Waals surface area contributed by atoms with Gasteiger partial charge >= 0.3 is 0 Å². The third kappa shape index (κ3) is 3.32. The van der Waals surface area contributed by atoms with E-state index in [-0.39, 0.29) is 11.1 Å². The number of benzene rings is 2. The highest BCUT2D eigenvalue weighted by atomic mass is 35.5. The molecule has 0 aromatic heterocycles. The Balaban J connectivity index is 2.23. The van der Waals surface area contributed by atoms with Crippen molar-refractivity contribution >= 4 is 11.6 Å². The van der Waals surface area contributed by atoms with Crippen LogP contribution in [0.2, 0.25) is 5.02 Å². The first kappa shape index (κ1) is 14.9. The second kappa shape index (κ2) is 6.29. The van der Waals surface area contributed by atoms with Crippen LogP contribution in [0.15, 0.2) is 36.4 Å². The first-order chi connectivity index (χ1) is 9.51. The molecule has 106 valence electrons. The first-order valence-corrected chi connectivity index (χ1v) is 6.45. The van der Waals surface area contributed by atoms with Crippen LogP contribution in [-0.4, -0.2) is 7.05 Å². The SMILES string of the molecule is CNC(Cc1ccc(F)c(F)c1)c1ccc(Cl)c(F)c1. The molecule has 2 aromatic rings. The van der Waals surface area contributed by atoms with Gasteiger partial charge in [0.05, 0.1) is 5.02 Å². The fourth-order valence-electron chi connectivity index (χ4n) is 2.02. The standard InChI is InChI=1S/C15H13ClF3N/c1-20-15(10-3-4-11(16)13(18)8-10)7-9-2-5-12(17)14(19)6-9/h2-6,8,15,20H,7H2,1H3. The Morgan fingerprint density at radius 3 is 2.35 bits per heavy atom. The summed E-state index contributed by atoms with van der Waals surface area (Å²) in [4.78, 5) is 0. The van der Waals surface area contributed by atoms with Crippen molar-refractivity contribution in [3.63, 3.8) is 0 Å². The monoisotopic (exact) mass is 299 g/mol. The van der Waals surface area contributed by atoms with E-state index in [2.05, 4.69) is 5.32 Å². The van der Waals surface area contributed by atoms with E-state index in [0.29, 0.717) is 17.5 Å². The smallest absolute Gasteiger partial charge is 0.159 e. The van der Waals surface area contributed by atoms with Gasteiger partial charge in [-0.15, -0.1) is 0 Å². The fourth-order valence-corrected chi connectivity index (χ4v) is 2.14. The molecule has 0 amide bonds. The second-order valence-electron chi connectivity index (χ2n) is 4.47. The quantitative estimate of drug-likeness (QED) is 0.889. The van der Waals surface area contributed by atoms with Crippen molar-refractivity contribution in [1.29, 1.82) is 0 Å². The number of hydrogen-bond acceptors (Lipinski definition) is 1. The Kier molecular flexibility index (Phi) is 4.68. The van der Waals surface area contributed by atoms with Crippen molar-refractivity contribution in [2.45, 2.75) is 12.5 Å². The summed E-state index contributed by atoms with van der Waals surface area (Å²) < 4.78 is 39.5. The molecule has 1 atom stereocenters. The van der Waals surface area contributed by atoms with E-state index >= 15 is 0 Å². The van der Waals surface area contributed by atoms with E-state index in [1.165, 1.54) is 18.2 Å². The van der Waals surface area contributed by atoms with Crippen molar-refractivity contribution in [1.82, 2.24) is 5.32 Å². The maximum Gasteiger partial charge on any atom is 0.159 e. The Morgan fingerprint density at radius 2 is 1.75 bits per heavy atom. The van der Waals surface area contributed by atoms with Gasteiger partial charge in [-0.3, -0.25) is 0 Å². The molecule has 1 nitrogen and oxygen atoms in total. The lowest BCUT2D eigenvalue weighted by Crippen LogP contribution is -2.19. The van der Waals surface area contributed by atoms with E-state index in [4.69, 9.17) is 11.6 Å². The van der Waals surface area contributed by atoms with Gasteiger partial charge in [-0.1, -0.05) is 23.7 Å². The molecule has 0 bridgehead atoms. The highest BCUT2D eigenvalue weighted by Crippen LogP contribution is 2.23. The van der Waals surface area contributed by atoms with Gasteiger partial charge in [0.2, 0.25) is 0 Å². The van der Waals surface area contributed by atoms with Gasteiger partial charge in [-0.2, -0.15) is 0 Å². The fraction of sp³-hybridized carbons (Fsp3) is 0.200. The Labute approximate surface area is 120 Å². The number of nitrogens with one attached hydrogen (secondary N) is 1. The van der Waals surface area contributed by atoms with Crippen LogP contribution >= 0.6 is 11.6 Å². The van der Waals surface area contributed by atoms with Crippen LogP contribution in [0.4, 0.5) is 13.2 Å². The number of rotatable bonds is 4. The van der Waals surface area contributed by atoms with Gasteiger partial charge in [-0.05, 0) is 48.9 Å². The van der Waals surface area contributed by atoms with Crippen molar-refractivity contribution < 1.29 is 13.2 Å². The van der Waals surface area contributed by atoms with E-state index in [9.17, 15) is 13.2 Å². The average Bonchev–Trinajstić information content (AvgIpc) is 2.43. The number of halogens is 4. The minimum absolute atomic E-state index is 0.0522. The Hall–Kier alpha value is -1.52. The molecule has 2 aromatic carbocycles. The van der Waals surface area contributed by atoms with Crippen LogP contribution in [0, 0.1) is 17.5 Å². The zero-order chi connectivity index (χ0) is 14.7. The average molecular weight is 300 g/mol. The largest absolute Gasteiger partial charge is 0.313 e. The molecule has 0 saturated heterocycles. The summed E-state index contributed by atoms with van der Waals surface area (Å²) >= 11 is 5.64. The van der Waals surface area contributed by atoms with Gasteiger partial charge in [-0.25, -0.2) is 13.2 Å². The molecule has 0 aliphatic rings. The summed E-state index contributed by atoms with van der Waals surface area (Å²) in [6.07, 6.45) is 0.411. The molecular weight excluding hydrogens is 287 g/mol. The molecule has 5 heteroatoms. The molecule has 0 fully saturated rings. The maximum atomic E-state index is 13.5. The Bertz CT molecular complexity index is 616. The molecule has 0 aliphatic heterocycles. The summed E-state index contributed by atoms with van der Waals surface area (Å²) in [6, 6.07) is 8.03. The predicted molar refractivity (Wildman–Crippen MR) is 73.3 cm³/mol. The van der Waals surface area contributed by atoms with Gasteiger partial charge in [0, 0.05) is 6.04 Å². The van der Waals surface area contributed by atoms with Gasteiger partial charge < -0.3 is 5.32 Å². The van der Waals surface area contributed by atoms with Crippen LogP contribution in [0.5, 0.6) is 0 Å². The molecule has 1 unspecified atom stereocenters. The van der Waals surface area contributed by atoms with Gasteiger partial charge in [0.25, 0.3) is 0 Å².